The molecule has 0 spiro atoms. The zero-order valence-electron chi connectivity index (χ0n) is 23.3. The van der Waals surface area contributed by atoms with E-state index in [4.69, 9.17) is 31.4 Å². The quantitative estimate of drug-likeness (QED) is 0.120. The highest BCUT2D eigenvalue weighted by atomic mass is 31.1. The van der Waals surface area contributed by atoms with E-state index in [-0.39, 0.29) is 0 Å². The van der Waals surface area contributed by atoms with Crippen LogP contribution in [-0.2, 0) is 0 Å². The lowest BCUT2D eigenvalue weighted by Gasteiger charge is -2.25. The van der Waals surface area contributed by atoms with Crippen molar-refractivity contribution in [3.05, 3.63) is 146 Å². The number of anilines is 3. The molecule has 0 aliphatic rings. The van der Waals surface area contributed by atoms with Crippen LogP contribution in [-0.4, -0.2) is 0 Å². The Bertz CT molecular complexity index is 1620. The Kier molecular flexibility index (Phi) is 8.12. The van der Waals surface area contributed by atoms with Gasteiger partial charge in [-0.05, 0) is 98.9 Å². The van der Waals surface area contributed by atoms with Gasteiger partial charge in [-0.3, -0.25) is 0 Å². The average molecular weight is 584 g/mol. The molecule has 212 valence electrons. The maximum absolute atomic E-state index is 6.70. The fourth-order valence-corrected chi connectivity index (χ4v) is 7.15. The molecule has 6 aromatic rings. The first-order valence-electron chi connectivity index (χ1n) is 13.7. The van der Waals surface area contributed by atoms with E-state index in [0.29, 0.717) is 34.3 Å². The number of rotatable bonds is 9. The molecule has 0 radical (unpaired) electrons. The van der Waals surface area contributed by atoms with Gasteiger partial charge in [0, 0.05) is 33.0 Å². The highest BCUT2D eigenvalue weighted by Crippen LogP contribution is 2.42. The van der Waals surface area contributed by atoms with E-state index < -0.39 is 7.92 Å². The van der Waals surface area contributed by atoms with Gasteiger partial charge in [-0.25, -0.2) is 0 Å². The number of ether oxygens (including phenoxy) is 3. The number of benzene rings is 6. The summed E-state index contributed by atoms with van der Waals surface area (Å²) in [7, 11) is -1.40. The SMILES string of the molecule is Nc1ccc(Oc2ccccc2)cc1P(c1cc(Oc2ccccc2)ccc1N)c1cc(Oc2ccccc2)ccc1N. The van der Waals surface area contributed by atoms with Crippen molar-refractivity contribution in [1.29, 1.82) is 0 Å². The molecule has 0 bridgehead atoms. The molecular weight excluding hydrogens is 553 g/mol. The first-order chi connectivity index (χ1) is 21.0. The molecule has 6 N–H and O–H groups in total. The number of nitrogens with two attached hydrogens (primary N) is 3. The van der Waals surface area contributed by atoms with Crippen LogP contribution in [0, 0.1) is 0 Å². The second kappa shape index (κ2) is 12.6. The van der Waals surface area contributed by atoms with Crippen LogP contribution >= 0.6 is 7.92 Å². The molecule has 0 aromatic heterocycles. The molecule has 0 saturated heterocycles. The zero-order chi connectivity index (χ0) is 29.6. The minimum atomic E-state index is -1.40. The van der Waals surface area contributed by atoms with Crippen molar-refractivity contribution in [1.82, 2.24) is 0 Å². The monoisotopic (exact) mass is 583 g/mol. The summed E-state index contributed by atoms with van der Waals surface area (Å²) >= 11 is 0. The lowest BCUT2D eigenvalue weighted by molar-refractivity contribution is 0.483. The first-order valence-corrected chi connectivity index (χ1v) is 15.0. The van der Waals surface area contributed by atoms with Crippen LogP contribution in [0.4, 0.5) is 17.1 Å². The zero-order valence-corrected chi connectivity index (χ0v) is 24.2. The average Bonchev–Trinajstić information content (AvgIpc) is 3.03. The van der Waals surface area contributed by atoms with Gasteiger partial charge < -0.3 is 31.4 Å². The van der Waals surface area contributed by atoms with Crippen molar-refractivity contribution in [2.45, 2.75) is 0 Å². The Balaban J connectivity index is 1.49. The van der Waals surface area contributed by atoms with E-state index in [1.165, 1.54) is 0 Å². The largest absolute Gasteiger partial charge is 0.457 e. The molecular formula is C36H30N3O3P. The summed E-state index contributed by atoms with van der Waals surface area (Å²) in [5, 5.41) is 2.53. The number of para-hydroxylation sites is 3. The van der Waals surface area contributed by atoms with Gasteiger partial charge in [-0.2, -0.15) is 0 Å². The predicted octanol–water partition coefficient (Wildman–Crippen LogP) is 7.57. The van der Waals surface area contributed by atoms with E-state index >= 15 is 0 Å². The van der Waals surface area contributed by atoms with Gasteiger partial charge >= 0.3 is 0 Å². The summed E-state index contributed by atoms with van der Waals surface area (Å²) in [4.78, 5) is 0. The summed E-state index contributed by atoms with van der Waals surface area (Å²) < 4.78 is 18.6. The van der Waals surface area contributed by atoms with Crippen LogP contribution in [0.2, 0.25) is 0 Å². The lowest BCUT2D eigenvalue weighted by Crippen LogP contribution is -2.26. The molecule has 0 aliphatic heterocycles. The van der Waals surface area contributed by atoms with Crippen LogP contribution in [0.15, 0.2) is 146 Å². The third-order valence-corrected chi connectivity index (χ3v) is 9.27. The van der Waals surface area contributed by atoms with Crippen LogP contribution in [0.3, 0.4) is 0 Å². The van der Waals surface area contributed by atoms with Crippen molar-refractivity contribution in [3.63, 3.8) is 0 Å². The first kappa shape index (κ1) is 27.7. The van der Waals surface area contributed by atoms with Crippen molar-refractivity contribution in [3.8, 4) is 34.5 Å². The van der Waals surface area contributed by atoms with Crippen LogP contribution in [0.5, 0.6) is 34.5 Å². The normalized spacial score (nSPS) is 10.8. The number of hydrogen-bond acceptors (Lipinski definition) is 6. The Hall–Kier alpha value is -5.45. The summed E-state index contributed by atoms with van der Waals surface area (Å²) in [6.45, 7) is 0. The molecule has 6 nitrogen and oxygen atoms in total. The third-order valence-electron chi connectivity index (χ3n) is 6.67. The van der Waals surface area contributed by atoms with Crippen LogP contribution in [0.25, 0.3) is 0 Å². The fraction of sp³-hybridized carbons (Fsp3) is 0. The van der Waals surface area contributed by atoms with E-state index in [0.717, 1.165) is 33.2 Å². The molecule has 6 rings (SSSR count). The molecule has 7 heteroatoms. The lowest BCUT2D eigenvalue weighted by atomic mass is 10.3. The van der Waals surface area contributed by atoms with Gasteiger partial charge in [-0.1, -0.05) is 54.6 Å². The van der Waals surface area contributed by atoms with Gasteiger partial charge in [0.15, 0.2) is 0 Å². The topological polar surface area (TPSA) is 106 Å². The summed E-state index contributed by atoms with van der Waals surface area (Å²) in [5.41, 5.74) is 21.9. The highest BCUT2D eigenvalue weighted by Gasteiger charge is 2.25. The molecule has 0 fully saturated rings. The van der Waals surface area contributed by atoms with Crippen molar-refractivity contribution in [2.24, 2.45) is 0 Å². The molecule has 0 heterocycles. The van der Waals surface area contributed by atoms with Gasteiger partial charge in [-0.15, -0.1) is 0 Å². The van der Waals surface area contributed by atoms with Crippen molar-refractivity contribution < 1.29 is 14.2 Å². The number of nitrogen functional groups attached to an aromatic ring is 3. The molecule has 6 aromatic carbocycles. The molecule has 0 atom stereocenters. The minimum absolute atomic E-state index is 0.592. The minimum Gasteiger partial charge on any atom is -0.457 e. The summed E-state index contributed by atoms with van der Waals surface area (Å²) in [6.07, 6.45) is 0. The second-order valence-corrected chi connectivity index (χ2v) is 11.9. The summed E-state index contributed by atoms with van der Waals surface area (Å²) in [6, 6.07) is 45.9. The van der Waals surface area contributed by atoms with Gasteiger partial charge in [0.1, 0.15) is 34.5 Å². The third kappa shape index (κ3) is 6.56. The Morgan fingerprint density at radius 3 is 0.884 bits per heavy atom. The van der Waals surface area contributed by atoms with Gasteiger partial charge in [0.05, 0.1) is 0 Å². The Morgan fingerprint density at radius 2 is 0.605 bits per heavy atom. The molecule has 0 aliphatic carbocycles. The molecule has 0 unspecified atom stereocenters. The molecule has 0 amide bonds. The van der Waals surface area contributed by atoms with Gasteiger partial charge in [0.25, 0.3) is 0 Å². The van der Waals surface area contributed by atoms with Gasteiger partial charge in [0.2, 0.25) is 0 Å². The Morgan fingerprint density at radius 1 is 0.326 bits per heavy atom. The Labute approximate surface area is 252 Å². The van der Waals surface area contributed by atoms with E-state index in [1.54, 1.807) is 0 Å². The number of hydrogen-bond donors (Lipinski definition) is 3. The van der Waals surface area contributed by atoms with Crippen LogP contribution < -0.4 is 47.3 Å². The molecule has 0 saturated carbocycles. The maximum atomic E-state index is 6.70. The van der Waals surface area contributed by atoms with Crippen molar-refractivity contribution >= 4 is 40.9 Å². The van der Waals surface area contributed by atoms with Crippen molar-refractivity contribution in [2.75, 3.05) is 17.2 Å². The summed E-state index contributed by atoms with van der Waals surface area (Å²) in [5.74, 6) is 4.10. The second-order valence-electron chi connectivity index (χ2n) is 9.74. The smallest absolute Gasteiger partial charge is 0.128 e. The maximum Gasteiger partial charge on any atom is 0.128 e. The molecule has 43 heavy (non-hydrogen) atoms. The van der Waals surface area contributed by atoms with E-state index in [9.17, 15) is 0 Å². The van der Waals surface area contributed by atoms with E-state index in [2.05, 4.69) is 0 Å². The fourth-order valence-electron chi connectivity index (χ4n) is 4.61. The standard InChI is InChI=1S/C36H30N3O3P/c37-31-19-16-28(40-25-10-4-1-5-11-25)22-34(31)43(35-23-29(17-20-32(35)38)41-26-12-6-2-7-13-26)36-24-30(18-21-33(36)39)42-27-14-8-3-9-15-27/h1-24H,37-39H2. The van der Waals surface area contributed by atoms with E-state index in [1.807, 2.05) is 146 Å². The highest BCUT2D eigenvalue weighted by molar-refractivity contribution is 7.80. The predicted molar refractivity (Wildman–Crippen MR) is 178 cm³/mol. The van der Waals surface area contributed by atoms with Crippen LogP contribution in [0.1, 0.15) is 0 Å².